The Hall–Kier alpha value is -1.09. The number of nitrogens with zero attached hydrogens (tertiary/aromatic N) is 1. The minimum absolute atomic E-state index is 0.572. The lowest BCUT2D eigenvalue weighted by Gasteiger charge is -2.13. The van der Waals surface area contributed by atoms with Crippen molar-refractivity contribution in [1.82, 2.24) is 4.98 Å². The van der Waals surface area contributed by atoms with Crippen molar-refractivity contribution in [2.24, 2.45) is 11.7 Å². The van der Waals surface area contributed by atoms with Crippen molar-refractivity contribution < 1.29 is 0 Å². The van der Waals surface area contributed by atoms with Crippen LogP contribution in [0, 0.1) is 5.92 Å². The summed E-state index contributed by atoms with van der Waals surface area (Å²) in [6.45, 7) is 6.01. The maximum absolute atomic E-state index is 5.57. The van der Waals surface area contributed by atoms with Crippen molar-refractivity contribution in [2.45, 2.75) is 33.2 Å². The predicted molar refractivity (Wildman–Crippen MR) is 64.7 cm³/mol. The third-order valence-corrected chi connectivity index (χ3v) is 2.79. The second-order valence-electron chi connectivity index (χ2n) is 3.82. The minimum Gasteiger partial charge on any atom is -0.370 e. The molecule has 0 fully saturated rings. The Balaban J connectivity index is 2.49. The summed E-state index contributed by atoms with van der Waals surface area (Å²) >= 11 is 0. The first-order chi connectivity index (χ1) is 7.30. The van der Waals surface area contributed by atoms with Crippen LogP contribution in [0.5, 0.6) is 0 Å². The number of pyridine rings is 1. The zero-order valence-corrected chi connectivity index (χ0v) is 9.66. The van der Waals surface area contributed by atoms with Gasteiger partial charge in [-0.15, -0.1) is 0 Å². The molecule has 0 aliphatic rings. The SMILES string of the molecule is CCC(CC)CNc1cc(CN)ccn1. The highest BCUT2D eigenvalue weighted by Gasteiger charge is 2.03. The van der Waals surface area contributed by atoms with Crippen LogP contribution < -0.4 is 11.1 Å². The second kappa shape index (κ2) is 6.40. The van der Waals surface area contributed by atoms with Gasteiger partial charge in [-0.05, 0) is 23.6 Å². The van der Waals surface area contributed by atoms with Crippen LogP contribution in [-0.4, -0.2) is 11.5 Å². The molecule has 1 rings (SSSR count). The largest absolute Gasteiger partial charge is 0.370 e. The first-order valence-corrected chi connectivity index (χ1v) is 5.69. The van der Waals surface area contributed by atoms with Crippen LogP contribution in [0.25, 0.3) is 0 Å². The zero-order chi connectivity index (χ0) is 11.1. The lowest BCUT2D eigenvalue weighted by Crippen LogP contribution is -2.13. The minimum atomic E-state index is 0.572. The summed E-state index contributed by atoms with van der Waals surface area (Å²) < 4.78 is 0. The Kier molecular flexibility index (Phi) is 5.12. The molecule has 0 atom stereocenters. The molecule has 0 aliphatic heterocycles. The van der Waals surface area contributed by atoms with E-state index in [1.807, 2.05) is 12.1 Å². The molecular weight excluding hydrogens is 186 g/mol. The Morgan fingerprint density at radius 1 is 1.40 bits per heavy atom. The molecule has 0 saturated heterocycles. The van der Waals surface area contributed by atoms with Crippen LogP contribution in [0.1, 0.15) is 32.3 Å². The number of aromatic nitrogens is 1. The van der Waals surface area contributed by atoms with E-state index in [9.17, 15) is 0 Å². The molecule has 0 aromatic carbocycles. The highest BCUT2D eigenvalue weighted by atomic mass is 15.0. The van der Waals surface area contributed by atoms with E-state index >= 15 is 0 Å². The molecule has 0 aliphatic carbocycles. The van der Waals surface area contributed by atoms with Crippen LogP contribution in [0.3, 0.4) is 0 Å². The third-order valence-electron chi connectivity index (χ3n) is 2.79. The number of anilines is 1. The summed E-state index contributed by atoms with van der Waals surface area (Å²) in [4.78, 5) is 4.26. The molecule has 84 valence electrons. The summed E-state index contributed by atoms with van der Waals surface area (Å²) in [5, 5.41) is 3.35. The van der Waals surface area contributed by atoms with E-state index in [0.717, 1.165) is 23.8 Å². The number of nitrogens with one attached hydrogen (secondary N) is 1. The van der Waals surface area contributed by atoms with E-state index in [0.29, 0.717) is 6.54 Å². The Morgan fingerprint density at radius 3 is 2.73 bits per heavy atom. The van der Waals surface area contributed by atoms with Gasteiger partial charge in [-0.3, -0.25) is 0 Å². The fourth-order valence-corrected chi connectivity index (χ4v) is 1.52. The maximum atomic E-state index is 5.57. The van der Waals surface area contributed by atoms with Gasteiger partial charge in [0.15, 0.2) is 0 Å². The van der Waals surface area contributed by atoms with Crippen molar-refractivity contribution in [3.05, 3.63) is 23.9 Å². The number of nitrogens with two attached hydrogens (primary N) is 1. The molecule has 1 aromatic rings. The Labute approximate surface area is 92.1 Å². The predicted octanol–water partition coefficient (Wildman–Crippen LogP) is 2.39. The van der Waals surface area contributed by atoms with Crippen LogP contribution >= 0.6 is 0 Å². The van der Waals surface area contributed by atoms with Gasteiger partial charge in [-0.25, -0.2) is 4.98 Å². The van der Waals surface area contributed by atoms with Crippen LogP contribution in [0.2, 0.25) is 0 Å². The van der Waals surface area contributed by atoms with Crippen molar-refractivity contribution in [3.8, 4) is 0 Å². The molecule has 0 spiro atoms. The zero-order valence-electron chi connectivity index (χ0n) is 9.66. The monoisotopic (exact) mass is 207 g/mol. The van der Waals surface area contributed by atoms with E-state index < -0.39 is 0 Å². The highest BCUT2D eigenvalue weighted by Crippen LogP contribution is 2.10. The fraction of sp³-hybridized carbons (Fsp3) is 0.583. The average molecular weight is 207 g/mol. The van der Waals surface area contributed by atoms with Gasteiger partial charge in [0.2, 0.25) is 0 Å². The van der Waals surface area contributed by atoms with Gasteiger partial charge in [0.1, 0.15) is 5.82 Å². The third kappa shape index (κ3) is 3.88. The summed E-state index contributed by atoms with van der Waals surface area (Å²) in [6.07, 6.45) is 4.22. The van der Waals surface area contributed by atoms with Crippen LogP contribution in [0.4, 0.5) is 5.82 Å². The van der Waals surface area contributed by atoms with Gasteiger partial charge in [0.25, 0.3) is 0 Å². The van der Waals surface area contributed by atoms with Crippen LogP contribution in [0.15, 0.2) is 18.3 Å². The molecular formula is C12H21N3. The molecule has 0 bridgehead atoms. The van der Waals surface area contributed by atoms with Crippen molar-refractivity contribution in [2.75, 3.05) is 11.9 Å². The van der Waals surface area contributed by atoms with Crippen molar-refractivity contribution in [3.63, 3.8) is 0 Å². The van der Waals surface area contributed by atoms with Crippen LogP contribution in [-0.2, 0) is 6.54 Å². The van der Waals surface area contributed by atoms with Gasteiger partial charge in [-0.2, -0.15) is 0 Å². The first-order valence-electron chi connectivity index (χ1n) is 5.69. The molecule has 0 saturated carbocycles. The van der Waals surface area contributed by atoms with E-state index in [2.05, 4.69) is 24.1 Å². The summed E-state index contributed by atoms with van der Waals surface area (Å²) in [5.41, 5.74) is 6.69. The molecule has 0 amide bonds. The van der Waals surface area contributed by atoms with Gasteiger partial charge in [-0.1, -0.05) is 26.7 Å². The number of rotatable bonds is 6. The average Bonchev–Trinajstić information content (AvgIpc) is 2.31. The lowest BCUT2D eigenvalue weighted by atomic mass is 10.0. The normalized spacial score (nSPS) is 10.7. The summed E-state index contributed by atoms with van der Waals surface area (Å²) in [6, 6.07) is 3.96. The molecule has 1 aromatic heterocycles. The lowest BCUT2D eigenvalue weighted by molar-refractivity contribution is 0.518. The van der Waals surface area contributed by atoms with Gasteiger partial charge in [0, 0.05) is 19.3 Å². The molecule has 3 heteroatoms. The van der Waals surface area contributed by atoms with Crippen molar-refractivity contribution in [1.29, 1.82) is 0 Å². The van der Waals surface area contributed by atoms with Gasteiger partial charge in [0.05, 0.1) is 0 Å². The Bertz CT molecular complexity index is 282. The quantitative estimate of drug-likeness (QED) is 0.753. The highest BCUT2D eigenvalue weighted by molar-refractivity contribution is 5.37. The number of hydrogen-bond acceptors (Lipinski definition) is 3. The van der Waals surface area contributed by atoms with E-state index in [-0.39, 0.29) is 0 Å². The number of hydrogen-bond donors (Lipinski definition) is 2. The molecule has 0 unspecified atom stereocenters. The molecule has 15 heavy (non-hydrogen) atoms. The molecule has 1 heterocycles. The smallest absolute Gasteiger partial charge is 0.126 e. The first kappa shape index (κ1) is 12.0. The molecule has 0 radical (unpaired) electrons. The van der Waals surface area contributed by atoms with Gasteiger partial charge < -0.3 is 11.1 Å². The molecule has 3 N–H and O–H groups in total. The van der Waals surface area contributed by atoms with E-state index in [1.54, 1.807) is 6.20 Å². The van der Waals surface area contributed by atoms with Crippen molar-refractivity contribution >= 4 is 5.82 Å². The van der Waals surface area contributed by atoms with E-state index in [1.165, 1.54) is 12.8 Å². The Morgan fingerprint density at radius 2 is 2.13 bits per heavy atom. The summed E-state index contributed by atoms with van der Waals surface area (Å²) in [7, 11) is 0. The second-order valence-corrected chi connectivity index (χ2v) is 3.82. The maximum Gasteiger partial charge on any atom is 0.126 e. The standard InChI is InChI=1S/C12H21N3/c1-3-10(4-2)9-15-12-7-11(8-13)5-6-14-12/h5-7,10H,3-4,8-9,13H2,1-2H3,(H,14,15). The topological polar surface area (TPSA) is 50.9 Å². The van der Waals surface area contributed by atoms with E-state index in [4.69, 9.17) is 5.73 Å². The fourth-order valence-electron chi connectivity index (χ4n) is 1.52. The molecule has 3 nitrogen and oxygen atoms in total. The summed E-state index contributed by atoms with van der Waals surface area (Å²) in [5.74, 6) is 1.66. The van der Waals surface area contributed by atoms with Gasteiger partial charge >= 0.3 is 0 Å².